The minimum Gasteiger partial charge on any atom is -0.459 e. The number of furan rings is 1. The average molecular weight is 528 g/mol. The summed E-state index contributed by atoms with van der Waals surface area (Å²) in [4.78, 5) is 7.43. The van der Waals surface area contributed by atoms with E-state index in [0.29, 0.717) is 18.2 Å². The maximum atomic E-state index is 13.5. The lowest BCUT2D eigenvalue weighted by atomic mass is 10.0. The largest absolute Gasteiger partial charge is 0.459 e. The minimum absolute atomic E-state index is 0. The summed E-state index contributed by atoms with van der Waals surface area (Å²) in [6.45, 7) is 7.66. The van der Waals surface area contributed by atoms with Crippen LogP contribution in [-0.2, 0) is 6.54 Å². The summed E-state index contributed by atoms with van der Waals surface area (Å²) in [7, 11) is 0. The summed E-state index contributed by atoms with van der Waals surface area (Å²) in [6.07, 6.45) is 7.86. The van der Waals surface area contributed by atoms with Crippen molar-refractivity contribution in [1.82, 2.24) is 15.5 Å². The van der Waals surface area contributed by atoms with E-state index in [9.17, 15) is 4.39 Å². The minimum atomic E-state index is -0.240. The number of aliphatic imine (C=N–C) groups is 1. The van der Waals surface area contributed by atoms with E-state index in [2.05, 4.69) is 22.5 Å². The number of nitrogens with zero attached hydrogens (tertiary/aromatic N) is 2. The molecule has 1 saturated carbocycles. The molecule has 0 amide bonds. The lowest BCUT2D eigenvalue weighted by molar-refractivity contribution is 0.150. The van der Waals surface area contributed by atoms with Gasteiger partial charge in [-0.05, 0) is 57.7 Å². The number of hydrogen-bond donors (Lipinski definition) is 2. The van der Waals surface area contributed by atoms with Crippen LogP contribution in [0.4, 0.5) is 4.39 Å². The molecule has 0 spiro atoms. The number of halogens is 2. The lowest BCUT2D eigenvalue weighted by Gasteiger charge is -2.36. The van der Waals surface area contributed by atoms with Gasteiger partial charge in [-0.3, -0.25) is 0 Å². The third-order valence-corrected chi connectivity index (χ3v) is 6.43. The fraction of sp³-hybridized carbons (Fsp3) is 0.609. The average Bonchev–Trinajstić information content (AvgIpc) is 3.36. The summed E-state index contributed by atoms with van der Waals surface area (Å²) in [6, 6.07) is 5.92. The zero-order chi connectivity index (χ0) is 20.2. The van der Waals surface area contributed by atoms with Crippen LogP contribution in [0.2, 0.25) is 0 Å². The molecule has 4 rings (SSSR count). The summed E-state index contributed by atoms with van der Waals surface area (Å²) in [5.74, 6) is 1.38. The number of piperidine rings is 1. The van der Waals surface area contributed by atoms with Crippen LogP contribution >= 0.6 is 24.0 Å². The quantitative estimate of drug-likeness (QED) is 0.327. The predicted molar refractivity (Wildman–Crippen MR) is 131 cm³/mol. The molecule has 166 valence electrons. The summed E-state index contributed by atoms with van der Waals surface area (Å²) in [5, 5.41) is 7.79. The molecule has 5 nitrogen and oxygen atoms in total. The number of rotatable bonds is 5. The van der Waals surface area contributed by atoms with Gasteiger partial charge >= 0.3 is 0 Å². The Morgan fingerprint density at radius 2 is 1.93 bits per heavy atom. The second kappa shape index (κ2) is 10.8. The molecule has 30 heavy (non-hydrogen) atoms. The fourth-order valence-corrected chi connectivity index (χ4v) is 4.74. The summed E-state index contributed by atoms with van der Waals surface area (Å²) < 4.78 is 19.4. The van der Waals surface area contributed by atoms with Gasteiger partial charge in [-0.25, -0.2) is 9.38 Å². The third-order valence-electron chi connectivity index (χ3n) is 6.43. The van der Waals surface area contributed by atoms with Gasteiger partial charge in [0.1, 0.15) is 23.7 Å². The highest BCUT2D eigenvalue weighted by molar-refractivity contribution is 14.0. The van der Waals surface area contributed by atoms with Crippen molar-refractivity contribution in [2.24, 2.45) is 4.99 Å². The van der Waals surface area contributed by atoms with Crippen molar-refractivity contribution in [3.8, 4) is 0 Å². The summed E-state index contributed by atoms with van der Waals surface area (Å²) >= 11 is 0. The second-order valence-electron chi connectivity index (χ2n) is 8.38. The Bertz CT molecular complexity index is 854. The van der Waals surface area contributed by atoms with Crippen LogP contribution in [0.3, 0.4) is 0 Å². The second-order valence-corrected chi connectivity index (χ2v) is 8.38. The first-order valence-corrected chi connectivity index (χ1v) is 11.1. The lowest BCUT2D eigenvalue weighted by Crippen LogP contribution is -2.50. The summed E-state index contributed by atoms with van der Waals surface area (Å²) in [5.41, 5.74) is 1.68. The van der Waals surface area contributed by atoms with E-state index in [-0.39, 0.29) is 29.8 Å². The van der Waals surface area contributed by atoms with Crippen LogP contribution in [-0.4, -0.2) is 42.6 Å². The Labute approximate surface area is 195 Å². The Morgan fingerprint density at radius 3 is 2.63 bits per heavy atom. The molecule has 2 aromatic rings. The molecular formula is C23H34FIN4O. The van der Waals surface area contributed by atoms with Gasteiger partial charge in [-0.15, -0.1) is 24.0 Å². The van der Waals surface area contributed by atoms with Gasteiger partial charge in [0.05, 0.1) is 0 Å². The SMILES string of the molecule is CCNC(=NCc1oc2ccc(F)cc2c1C)NC1CCN(C2CCCC2)CC1.I. The first-order chi connectivity index (χ1) is 14.1. The molecule has 7 heteroatoms. The number of hydrogen-bond acceptors (Lipinski definition) is 3. The first-order valence-electron chi connectivity index (χ1n) is 11.1. The van der Waals surface area contributed by atoms with E-state index < -0.39 is 0 Å². The molecule has 1 aromatic carbocycles. The van der Waals surface area contributed by atoms with Crippen molar-refractivity contribution in [1.29, 1.82) is 0 Å². The van der Waals surface area contributed by atoms with E-state index in [1.165, 1.54) is 50.9 Å². The van der Waals surface area contributed by atoms with Crippen molar-refractivity contribution < 1.29 is 8.81 Å². The molecule has 0 unspecified atom stereocenters. The van der Waals surface area contributed by atoms with Crippen molar-refractivity contribution in [2.75, 3.05) is 19.6 Å². The van der Waals surface area contributed by atoms with Crippen LogP contribution in [0.25, 0.3) is 11.0 Å². The number of benzene rings is 1. The van der Waals surface area contributed by atoms with Crippen molar-refractivity contribution in [3.63, 3.8) is 0 Å². The van der Waals surface area contributed by atoms with E-state index in [0.717, 1.165) is 48.1 Å². The first kappa shape index (κ1) is 23.3. The normalized spacial score (nSPS) is 19.2. The molecule has 1 aliphatic carbocycles. The molecule has 0 bridgehead atoms. The molecular weight excluding hydrogens is 494 g/mol. The third kappa shape index (κ3) is 5.46. The van der Waals surface area contributed by atoms with Crippen LogP contribution in [0.5, 0.6) is 0 Å². The van der Waals surface area contributed by atoms with E-state index in [1.807, 2.05) is 6.92 Å². The van der Waals surface area contributed by atoms with Gasteiger partial charge in [0.2, 0.25) is 0 Å². The standard InChI is InChI=1S/C23H33FN4O.HI/c1-3-25-23(27-18-10-12-28(13-11-18)19-6-4-5-7-19)26-15-22-16(2)20-14-17(24)8-9-21(20)29-22;/h8-9,14,18-19H,3-7,10-13,15H2,1-2H3,(H2,25,26,27);1H. The number of nitrogens with one attached hydrogen (secondary N) is 2. The van der Waals surface area contributed by atoms with E-state index in [1.54, 1.807) is 6.07 Å². The maximum Gasteiger partial charge on any atom is 0.191 e. The smallest absolute Gasteiger partial charge is 0.191 e. The zero-order valence-electron chi connectivity index (χ0n) is 18.0. The van der Waals surface area contributed by atoms with Crippen LogP contribution in [0.1, 0.15) is 56.8 Å². The van der Waals surface area contributed by atoms with Gasteiger partial charge in [-0.2, -0.15) is 0 Å². The van der Waals surface area contributed by atoms with E-state index >= 15 is 0 Å². The monoisotopic (exact) mass is 528 g/mol. The highest BCUT2D eigenvalue weighted by Gasteiger charge is 2.27. The molecule has 1 aromatic heterocycles. The van der Waals surface area contributed by atoms with Gasteiger partial charge in [0.15, 0.2) is 5.96 Å². The zero-order valence-corrected chi connectivity index (χ0v) is 20.4. The fourth-order valence-electron chi connectivity index (χ4n) is 4.74. The molecule has 1 saturated heterocycles. The number of fused-ring (bicyclic) bond motifs is 1. The van der Waals surface area contributed by atoms with Crippen molar-refractivity contribution in [2.45, 2.75) is 71.0 Å². The molecule has 2 N–H and O–H groups in total. The van der Waals surface area contributed by atoms with Crippen LogP contribution in [0, 0.1) is 12.7 Å². The van der Waals surface area contributed by atoms with Gasteiger partial charge in [0, 0.05) is 42.7 Å². The van der Waals surface area contributed by atoms with Crippen molar-refractivity contribution in [3.05, 3.63) is 35.3 Å². The number of aryl methyl sites for hydroxylation is 1. The number of guanidine groups is 1. The van der Waals surface area contributed by atoms with Gasteiger partial charge in [0.25, 0.3) is 0 Å². The topological polar surface area (TPSA) is 52.8 Å². The molecule has 2 aliphatic rings. The highest BCUT2D eigenvalue weighted by Crippen LogP contribution is 2.27. The van der Waals surface area contributed by atoms with Crippen molar-refractivity contribution >= 4 is 40.9 Å². The maximum absolute atomic E-state index is 13.5. The number of likely N-dealkylation sites (tertiary alicyclic amines) is 1. The van der Waals surface area contributed by atoms with Crippen LogP contribution < -0.4 is 10.6 Å². The molecule has 0 radical (unpaired) electrons. The van der Waals surface area contributed by atoms with E-state index in [4.69, 9.17) is 9.41 Å². The Balaban J connectivity index is 0.00000256. The Morgan fingerprint density at radius 1 is 1.20 bits per heavy atom. The molecule has 2 fully saturated rings. The molecule has 0 atom stereocenters. The predicted octanol–water partition coefficient (Wildman–Crippen LogP) is 4.96. The Hall–Kier alpha value is -1.35. The molecule has 1 aliphatic heterocycles. The highest BCUT2D eigenvalue weighted by atomic mass is 127. The van der Waals surface area contributed by atoms with Gasteiger partial charge in [-0.1, -0.05) is 12.8 Å². The van der Waals surface area contributed by atoms with Gasteiger partial charge < -0.3 is 20.0 Å². The Kier molecular flexibility index (Phi) is 8.39. The van der Waals surface area contributed by atoms with Crippen LogP contribution in [0.15, 0.2) is 27.6 Å². The molecule has 2 heterocycles.